The Labute approximate surface area is 124 Å². The predicted molar refractivity (Wildman–Crippen MR) is 82.8 cm³/mol. The lowest BCUT2D eigenvalue weighted by Gasteiger charge is -2.37. The maximum absolute atomic E-state index is 12.2. The Morgan fingerprint density at radius 1 is 1.25 bits per heavy atom. The zero-order valence-electron chi connectivity index (χ0n) is 13.7. The third kappa shape index (κ3) is 5.80. The lowest BCUT2D eigenvalue weighted by Crippen LogP contribution is -2.49. The second kappa shape index (κ2) is 7.99. The highest BCUT2D eigenvalue weighted by atomic mass is 16.5. The largest absolute Gasteiger partial charge is 0.385 e. The number of nitrogens with one attached hydrogen (secondary N) is 2. The quantitative estimate of drug-likeness (QED) is 0.720. The van der Waals surface area contributed by atoms with Gasteiger partial charge in [0.15, 0.2) is 0 Å². The van der Waals surface area contributed by atoms with Crippen LogP contribution >= 0.6 is 0 Å². The molecule has 1 rings (SSSR count). The van der Waals surface area contributed by atoms with E-state index in [9.17, 15) is 4.79 Å². The van der Waals surface area contributed by atoms with Gasteiger partial charge in [0.05, 0.1) is 0 Å². The highest BCUT2D eigenvalue weighted by molar-refractivity contribution is 5.77. The van der Waals surface area contributed by atoms with Crippen molar-refractivity contribution in [2.24, 2.45) is 5.41 Å². The SMILES string of the molecule is CNC1(CC(=O)NCC(C)(C)CCOC)CCCCC1. The topological polar surface area (TPSA) is 50.4 Å². The Morgan fingerprint density at radius 3 is 2.45 bits per heavy atom. The molecule has 20 heavy (non-hydrogen) atoms. The Morgan fingerprint density at radius 2 is 1.90 bits per heavy atom. The zero-order valence-corrected chi connectivity index (χ0v) is 13.7. The van der Waals surface area contributed by atoms with Gasteiger partial charge >= 0.3 is 0 Å². The van der Waals surface area contributed by atoms with E-state index in [4.69, 9.17) is 4.74 Å². The van der Waals surface area contributed by atoms with Crippen molar-refractivity contribution in [2.75, 3.05) is 27.3 Å². The van der Waals surface area contributed by atoms with Gasteiger partial charge < -0.3 is 15.4 Å². The molecular weight excluding hydrogens is 252 g/mol. The Hall–Kier alpha value is -0.610. The number of hydrogen-bond acceptors (Lipinski definition) is 3. The van der Waals surface area contributed by atoms with Gasteiger partial charge in [0.1, 0.15) is 0 Å². The molecule has 1 aliphatic carbocycles. The van der Waals surface area contributed by atoms with Gasteiger partial charge in [-0.2, -0.15) is 0 Å². The first-order valence-electron chi connectivity index (χ1n) is 7.88. The molecule has 0 spiro atoms. The van der Waals surface area contributed by atoms with Crippen molar-refractivity contribution in [3.8, 4) is 0 Å². The number of hydrogen-bond donors (Lipinski definition) is 2. The Kier molecular flexibility index (Phi) is 6.96. The number of ether oxygens (including phenoxy) is 1. The standard InChI is InChI=1S/C16H32N2O2/c1-15(2,10-11-20-4)13-18-14(19)12-16(17-3)8-6-5-7-9-16/h17H,5-13H2,1-4H3,(H,18,19). The number of carbonyl (C=O) groups excluding carboxylic acids is 1. The molecule has 118 valence electrons. The summed E-state index contributed by atoms with van der Waals surface area (Å²) >= 11 is 0. The van der Waals surface area contributed by atoms with Crippen LogP contribution < -0.4 is 10.6 Å². The molecule has 1 fully saturated rings. The monoisotopic (exact) mass is 284 g/mol. The smallest absolute Gasteiger partial charge is 0.221 e. The summed E-state index contributed by atoms with van der Waals surface area (Å²) < 4.78 is 5.12. The molecule has 2 N–H and O–H groups in total. The van der Waals surface area contributed by atoms with Crippen LogP contribution in [0.25, 0.3) is 0 Å². The minimum absolute atomic E-state index is 0.0268. The molecule has 0 aromatic heterocycles. The van der Waals surface area contributed by atoms with Gasteiger partial charge in [-0.05, 0) is 31.7 Å². The summed E-state index contributed by atoms with van der Waals surface area (Å²) in [5.41, 5.74) is 0.115. The first-order chi connectivity index (χ1) is 9.43. The molecule has 0 aromatic carbocycles. The van der Waals surface area contributed by atoms with E-state index >= 15 is 0 Å². The van der Waals surface area contributed by atoms with Crippen LogP contribution in [0.1, 0.15) is 58.8 Å². The van der Waals surface area contributed by atoms with Crippen LogP contribution in [0.5, 0.6) is 0 Å². The molecular formula is C16H32N2O2. The van der Waals surface area contributed by atoms with Gasteiger partial charge in [0.25, 0.3) is 0 Å². The van der Waals surface area contributed by atoms with Gasteiger partial charge in [-0.15, -0.1) is 0 Å². The van der Waals surface area contributed by atoms with Crippen LogP contribution in [0.4, 0.5) is 0 Å². The summed E-state index contributed by atoms with van der Waals surface area (Å²) in [5.74, 6) is 0.173. The predicted octanol–water partition coefficient (Wildman–Crippen LogP) is 2.48. The lowest BCUT2D eigenvalue weighted by molar-refractivity contribution is -0.123. The summed E-state index contributed by atoms with van der Waals surface area (Å²) in [6, 6.07) is 0. The molecule has 0 radical (unpaired) electrons. The molecule has 0 heterocycles. The van der Waals surface area contributed by atoms with Crippen molar-refractivity contribution >= 4 is 5.91 Å². The number of carbonyl (C=O) groups is 1. The summed E-state index contributed by atoms with van der Waals surface area (Å²) in [4.78, 5) is 12.2. The Bertz CT molecular complexity index is 297. The average molecular weight is 284 g/mol. The van der Waals surface area contributed by atoms with Gasteiger partial charge in [-0.1, -0.05) is 33.1 Å². The van der Waals surface area contributed by atoms with E-state index in [1.807, 2.05) is 7.05 Å². The van der Waals surface area contributed by atoms with Gasteiger partial charge in [0, 0.05) is 32.2 Å². The van der Waals surface area contributed by atoms with Gasteiger partial charge in [-0.25, -0.2) is 0 Å². The lowest BCUT2D eigenvalue weighted by atomic mass is 9.79. The third-order valence-electron chi connectivity index (χ3n) is 4.59. The van der Waals surface area contributed by atoms with Gasteiger partial charge in [-0.3, -0.25) is 4.79 Å². The van der Waals surface area contributed by atoms with Crippen LogP contribution in [0, 0.1) is 5.41 Å². The van der Waals surface area contributed by atoms with Crippen molar-refractivity contribution < 1.29 is 9.53 Å². The fourth-order valence-corrected chi connectivity index (χ4v) is 2.92. The molecule has 0 bridgehead atoms. The van der Waals surface area contributed by atoms with Gasteiger partial charge in [0.2, 0.25) is 5.91 Å². The van der Waals surface area contributed by atoms with Crippen molar-refractivity contribution in [1.82, 2.24) is 10.6 Å². The minimum atomic E-state index is 0.0268. The average Bonchev–Trinajstić information content (AvgIpc) is 2.44. The maximum Gasteiger partial charge on any atom is 0.221 e. The normalized spacial score (nSPS) is 18.8. The molecule has 0 saturated heterocycles. The number of methoxy groups -OCH3 is 1. The fourth-order valence-electron chi connectivity index (χ4n) is 2.92. The highest BCUT2D eigenvalue weighted by Crippen LogP contribution is 2.30. The van der Waals surface area contributed by atoms with E-state index in [0.29, 0.717) is 6.42 Å². The van der Waals surface area contributed by atoms with E-state index in [2.05, 4.69) is 24.5 Å². The van der Waals surface area contributed by atoms with Crippen LogP contribution in [0.15, 0.2) is 0 Å². The van der Waals surface area contributed by atoms with Crippen LogP contribution in [-0.4, -0.2) is 38.8 Å². The van der Waals surface area contributed by atoms with Crippen LogP contribution in [-0.2, 0) is 9.53 Å². The minimum Gasteiger partial charge on any atom is -0.385 e. The van der Waals surface area contributed by atoms with E-state index in [0.717, 1.165) is 32.4 Å². The summed E-state index contributed by atoms with van der Waals surface area (Å²) in [7, 11) is 3.70. The maximum atomic E-state index is 12.2. The van der Waals surface area contributed by atoms with E-state index < -0.39 is 0 Å². The Balaban J connectivity index is 2.38. The first kappa shape index (κ1) is 17.4. The number of rotatable bonds is 8. The fraction of sp³-hybridized carbons (Fsp3) is 0.938. The first-order valence-corrected chi connectivity index (χ1v) is 7.88. The van der Waals surface area contributed by atoms with E-state index in [1.165, 1.54) is 19.3 Å². The van der Waals surface area contributed by atoms with E-state index in [1.54, 1.807) is 7.11 Å². The second-order valence-electron chi connectivity index (χ2n) is 6.95. The van der Waals surface area contributed by atoms with Crippen molar-refractivity contribution in [2.45, 2.75) is 64.3 Å². The second-order valence-corrected chi connectivity index (χ2v) is 6.95. The summed E-state index contributed by atoms with van der Waals surface area (Å²) in [6.45, 7) is 5.79. The van der Waals surface area contributed by atoms with E-state index in [-0.39, 0.29) is 16.9 Å². The molecule has 0 atom stereocenters. The van der Waals surface area contributed by atoms with Crippen molar-refractivity contribution in [1.29, 1.82) is 0 Å². The molecule has 0 aliphatic heterocycles. The highest BCUT2D eigenvalue weighted by Gasteiger charge is 2.32. The molecule has 0 unspecified atom stereocenters. The summed E-state index contributed by atoms with van der Waals surface area (Å²) in [6.07, 6.45) is 7.55. The van der Waals surface area contributed by atoms with Crippen molar-refractivity contribution in [3.63, 3.8) is 0 Å². The summed E-state index contributed by atoms with van der Waals surface area (Å²) in [5, 5.41) is 6.50. The van der Waals surface area contributed by atoms with Crippen LogP contribution in [0.2, 0.25) is 0 Å². The molecule has 4 heteroatoms. The molecule has 0 aromatic rings. The zero-order chi connectivity index (χ0) is 15.1. The third-order valence-corrected chi connectivity index (χ3v) is 4.59. The molecule has 1 aliphatic rings. The molecule has 4 nitrogen and oxygen atoms in total. The number of amides is 1. The van der Waals surface area contributed by atoms with Crippen LogP contribution in [0.3, 0.4) is 0 Å². The van der Waals surface area contributed by atoms with Crippen molar-refractivity contribution in [3.05, 3.63) is 0 Å². The molecule has 1 saturated carbocycles. The molecule has 1 amide bonds.